The molecular formula is C33H32N2S3. The minimum absolute atomic E-state index is 0.0666. The molecule has 0 saturated carbocycles. The number of hydrogen-bond donors (Lipinski definition) is 1. The van der Waals surface area contributed by atoms with Gasteiger partial charge in [-0.1, -0.05) is 107 Å². The molecule has 38 heavy (non-hydrogen) atoms. The van der Waals surface area contributed by atoms with Gasteiger partial charge in [-0.15, -0.1) is 22.7 Å². The number of nitrogens with zero attached hydrogens (tertiary/aromatic N) is 1. The lowest BCUT2D eigenvalue weighted by Gasteiger charge is -2.21. The van der Waals surface area contributed by atoms with Crippen LogP contribution in [0.1, 0.15) is 60.0 Å². The van der Waals surface area contributed by atoms with Crippen molar-refractivity contribution in [3.63, 3.8) is 0 Å². The maximum absolute atomic E-state index is 4.91. The number of nitrogens with one attached hydrogen (secondary N) is 1. The summed E-state index contributed by atoms with van der Waals surface area (Å²) in [4.78, 5) is 5.46. The molecule has 4 aromatic rings. The average molecular weight is 553 g/mol. The molecule has 1 aliphatic heterocycles. The van der Waals surface area contributed by atoms with Gasteiger partial charge in [-0.2, -0.15) is 0 Å². The minimum atomic E-state index is 0.0666. The molecule has 3 heterocycles. The Kier molecular flexibility index (Phi) is 6.81. The summed E-state index contributed by atoms with van der Waals surface area (Å²) in [6.45, 7) is 11.5. The highest BCUT2D eigenvalue weighted by molar-refractivity contribution is 7.96. The van der Waals surface area contributed by atoms with Gasteiger partial charge < -0.3 is 0 Å². The Balaban J connectivity index is 1.45. The number of allylic oxidation sites excluding steroid dienone is 2. The van der Waals surface area contributed by atoms with Crippen LogP contribution in [0.4, 0.5) is 0 Å². The van der Waals surface area contributed by atoms with Gasteiger partial charge in [0, 0.05) is 25.1 Å². The molecule has 1 aliphatic carbocycles. The molecule has 0 spiro atoms. The van der Waals surface area contributed by atoms with E-state index in [0.717, 1.165) is 5.71 Å². The van der Waals surface area contributed by atoms with Crippen molar-refractivity contribution in [2.45, 2.75) is 52.0 Å². The van der Waals surface area contributed by atoms with E-state index in [1.54, 1.807) is 0 Å². The quantitative estimate of drug-likeness (QED) is 0.249. The first kappa shape index (κ1) is 25.6. The number of rotatable bonds is 5. The highest BCUT2D eigenvalue weighted by Gasteiger charge is 2.35. The summed E-state index contributed by atoms with van der Waals surface area (Å²) in [6, 6.07) is 26.4. The highest BCUT2D eigenvalue weighted by Crippen LogP contribution is 2.46. The third-order valence-electron chi connectivity index (χ3n) is 7.02. The lowest BCUT2D eigenvalue weighted by atomic mass is 9.87. The summed E-state index contributed by atoms with van der Waals surface area (Å²) in [7, 11) is 0. The molecule has 192 valence electrons. The Labute approximate surface area is 238 Å². The Morgan fingerprint density at radius 2 is 1.42 bits per heavy atom. The summed E-state index contributed by atoms with van der Waals surface area (Å²) in [6.07, 6.45) is 4.61. The smallest absolute Gasteiger partial charge is 0.0887 e. The van der Waals surface area contributed by atoms with Crippen molar-refractivity contribution >= 4 is 51.7 Å². The molecule has 2 aliphatic rings. The van der Waals surface area contributed by atoms with Crippen molar-refractivity contribution in [1.82, 2.24) is 4.72 Å². The van der Waals surface area contributed by atoms with Gasteiger partial charge in [0.25, 0.3) is 0 Å². The van der Waals surface area contributed by atoms with Crippen LogP contribution in [0.15, 0.2) is 89.3 Å². The van der Waals surface area contributed by atoms with Crippen molar-refractivity contribution in [2.75, 3.05) is 0 Å². The van der Waals surface area contributed by atoms with Crippen molar-refractivity contribution < 1.29 is 0 Å². The van der Waals surface area contributed by atoms with Crippen LogP contribution >= 0.6 is 34.8 Å². The predicted molar refractivity (Wildman–Crippen MR) is 170 cm³/mol. The largest absolute Gasteiger partial charge is 0.231 e. The lowest BCUT2D eigenvalue weighted by Crippen LogP contribution is -2.31. The SMILES string of the molecule is CC(C)c1sc(C2=CC=C(c3cc(-c4ccccc4)c(C(C)(C)C)s3)C3NSN=C23)cc1-c1ccccc1. The first-order valence-electron chi connectivity index (χ1n) is 13.1. The Morgan fingerprint density at radius 3 is 2.05 bits per heavy atom. The maximum atomic E-state index is 4.91. The fraction of sp³-hybridized carbons (Fsp3) is 0.242. The maximum Gasteiger partial charge on any atom is 0.0887 e. The summed E-state index contributed by atoms with van der Waals surface area (Å²) in [5.41, 5.74) is 8.99. The topological polar surface area (TPSA) is 24.4 Å². The zero-order valence-electron chi connectivity index (χ0n) is 22.4. The summed E-state index contributed by atoms with van der Waals surface area (Å²) in [5.74, 6) is 0.464. The molecule has 0 saturated heterocycles. The molecule has 1 N–H and O–H groups in total. The van der Waals surface area contributed by atoms with Crippen LogP contribution in [0, 0.1) is 0 Å². The molecule has 0 fully saturated rings. The average Bonchev–Trinajstić information content (AvgIpc) is 3.67. The molecule has 5 heteroatoms. The van der Waals surface area contributed by atoms with E-state index in [1.165, 1.54) is 65.0 Å². The molecule has 2 aromatic heterocycles. The van der Waals surface area contributed by atoms with Gasteiger partial charge in [0.1, 0.15) is 0 Å². The monoisotopic (exact) mass is 552 g/mol. The minimum Gasteiger partial charge on any atom is -0.231 e. The van der Waals surface area contributed by atoms with Gasteiger partial charge in [0.05, 0.1) is 23.9 Å². The summed E-state index contributed by atoms with van der Waals surface area (Å²) >= 11 is 5.30. The van der Waals surface area contributed by atoms with Crippen molar-refractivity contribution in [3.05, 3.63) is 104 Å². The first-order chi connectivity index (χ1) is 18.3. The molecule has 2 aromatic carbocycles. The van der Waals surface area contributed by atoms with Crippen LogP contribution in [0.3, 0.4) is 0 Å². The second-order valence-electron chi connectivity index (χ2n) is 11.2. The molecule has 1 unspecified atom stereocenters. The molecule has 0 bridgehead atoms. The fourth-order valence-corrected chi connectivity index (χ4v) is 8.38. The van der Waals surface area contributed by atoms with Gasteiger partial charge in [0.2, 0.25) is 0 Å². The van der Waals surface area contributed by atoms with Gasteiger partial charge in [-0.3, -0.25) is 0 Å². The standard InChI is InChI=1S/C33H32N2S3/c1-20(2)31-25(21-12-8-6-9-13-21)18-27(36-31)23-16-17-24(30-29(23)34-38-35-30)28-19-26(22-14-10-7-11-15-22)32(37-28)33(3,4)5/h6-20,30,35H,1-5H3. The van der Waals surface area contributed by atoms with Crippen LogP contribution in [0.2, 0.25) is 0 Å². The Hall–Kier alpha value is -2.70. The van der Waals surface area contributed by atoms with Gasteiger partial charge in [-0.05, 0) is 51.3 Å². The second kappa shape index (κ2) is 10.1. The Morgan fingerprint density at radius 1 is 0.789 bits per heavy atom. The third kappa shape index (κ3) is 4.66. The zero-order valence-corrected chi connectivity index (χ0v) is 24.9. The number of thiophene rings is 2. The predicted octanol–water partition coefficient (Wildman–Crippen LogP) is 10.0. The molecule has 0 amide bonds. The normalized spacial score (nSPS) is 17.3. The second-order valence-corrected chi connectivity index (χ2v) is 13.9. The summed E-state index contributed by atoms with van der Waals surface area (Å²) in [5, 5.41) is 0. The molecular weight excluding hydrogens is 521 g/mol. The number of hydrogen-bond acceptors (Lipinski definition) is 5. The van der Waals surface area contributed by atoms with Crippen LogP contribution < -0.4 is 4.72 Å². The third-order valence-corrected chi connectivity index (χ3v) is 10.7. The van der Waals surface area contributed by atoms with E-state index in [4.69, 9.17) is 4.40 Å². The van der Waals surface area contributed by atoms with E-state index in [0.29, 0.717) is 5.92 Å². The first-order valence-corrected chi connectivity index (χ1v) is 15.5. The molecule has 6 rings (SSSR count). The lowest BCUT2D eigenvalue weighted by molar-refractivity contribution is 0.605. The summed E-state index contributed by atoms with van der Waals surface area (Å²) < 4.78 is 8.51. The zero-order chi connectivity index (χ0) is 26.4. The number of fused-ring (bicyclic) bond motifs is 1. The van der Waals surface area contributed by atoms with Crippen molar-refractivity contribution in [1.29, 1.82) is 0 Å². The van der Waals surface area contributed by atoms with Gasteiger partial charge in [0.15, 0.2) is 0 Å². The Bertz CT molecular complexity index is 1560. The van der Waals surface area contributed by atoms with E-state index in [1.807, 2.05) is 22.7 Å². The van der Waals surface area contributed by atoms with E-state index in [9.17, 15) is 0 Å². The van der Waals surface area contributed by atoms with Crippen LogP contribution in [0.5, 0.6) is 0 Å². The van der Waals surface area contributed by atoms with E-state index < -0.39 is 0 Å². The molecule has 1 atom stereocenters. The van der Waals surface area contributed by atoms with Crippen molar-refractivity contribution in [3.8, 4) is 22.3 Å². The van der Waals surface area contributed by atoms with Gasteiger partial charge >= 0.3 is 0 Å². The van der Waals surface area contributed by atoms with E-state index >= 15 is 0 Å². The van der Waals surface area contributed by atoms with Crippen molar-refractivity contribution in [2.24, 2.45) is 4.40 Å². The van der Waals surface area contributed by atoms with Crippen LogP contribution in [0.25, 0.3) is 33.4 Å². The fourth-order valence-electron chi connectivity index (χ4n) is 5.17. The van der Waals surface area contributed by atoms with E-state index in [2.05, 4.69) is 124 Å². The van der Waals surface area contributed by atoms with Crippen LogP contribution in [-0.2, 0) is 5.41 Å². The number of benzene rings is 2. The molecule has 0 radical (unpaired) electrons. The van der Waals surface area contributed by atoms with Crippen LogP contribution in [-0.4, -0.2) is 11.8 Å². The highest BCUT2D eigenvalue weighted by atomic mass is 32.2. The van der Waals surface area contributed by atoms with Gasteiger partial charge in [-0.25, -0.2) is 9.12 Å². The molecule has 2 nitrogen and oxygen atoms in total. The van der Waals surface area contributed by atoms with E-state index in [-0.39, 0.29) is 11.5 Å².